The number of ketones is 2. The lowest BCUT2D eigenvalue weighted by molar-refractivity contribution is -0.117. The van der Waals surface area contributed by atoms with Gasteiger partial charge in [0.25, 0.3) is 0 Å². The van der Waals surface area contributed by atoms with Crippen LogP contribution < -0.4 is 0 Å². The molecule has 0 aliphatic carbocycles. The van der Waals surface area contributed by atoms with Crippen molar-refractivity contribution >= 4 is 11.6 Å². The van der Waals surface area contributed by atoms with Crippen molar-refractivity contribution in [1.29, 1.82) is 0 Å². The van der Waals surface area contributed by atoms with E-state index in [1.165, 1.54) is 0 Å². The van der Waals surface area contributed by atoms with Gasteiger partial charge in [-0.2, -0.15) is 0 Å². The topological polar surface area (TPSA) is 64.8 Å². The van der Waals surface area contributed by atoms with E-state index in [1.54, 1.807) is 24.7 Å². The van der Waals surface area contributed by atoms with Gasteiger partial charge in [-0.15, -0.1) is 5.10 Å². The molecule has 5 heteroatoms. The predicted molar refractivity (Wildman–Crippen MR) is 54.3 cm³/mol. The van der Waals surface area contributed by atoms with E-state index < -0.39 is 0 Å². The van der Waals surface area contributed by atoms with Crippen LogP contribution in [0, 0.1) is 0 Å². The van der Waals surface area contributed by atoms with Gasteiger partial charge < -0.3 is 4.79 Å². The molecular formula is C10H15N3O2. The zero-order valence-electron chi connectivity index (χ0n) is 9.06. The van der Waals surface area contributed by atoms with E-state index in [0.29, 0.717) is 25.8 Å². The highest BCUT2D eigenvalue weighted by atomic mass is 16.1. The van der Waals surface area contributed by atoms with E-state index in [9.17, 15) is 9.59 Å². The molecule has 0 unspecified atom stereocenters. The maximum absolute atomic E-state index is 10.7. The molecule has 1 rings (SSSR count). The Morgan fingerprint density at radius 1 is 1.27 bits per heavy atom. The Kier molecular flexibility index (Phi) is 4.15. The fourth-order valence-electron chi connectivity index (χ4n) is 1.14. The lowest BCUT2D eigenvalue weighted by Gasteiger charge is -1.95. The van der Waals surface area contributed by atoms with Crippen molar-refractivity contribution in [3.63, 3.8) is 0 Å². The number of carbonyl (C=O) groups is 2. The van der Waals surface area contributed by atoms with E-state index in [2.05, 4.69) is 10.3 Å². The van der Waals surface area contributed by atoms with Gasteiger partial charge in [0.1, 0.15) is 11.6 Å². The lowest BCUT2D eigenvalue weighted by Crippen LogP contribution is -2.03. The SMILES string of the molecule is CC(=O)CCc1cn(CCC(C)=O)nn1. The number of carbonyl (C=O) groups excluding carboxylic acids is 2. The van der Waals surface area contributed by atoms with Gasteiger partial charge in [-0.25, -0.2) is 0 Å². The molecule has 15 heavy (non-hydrogen) atoms. The lowest BCUT2D eigenvalue weighted by atomic mass is 10.2. The molecule has 1 heterocycles. The number of aromatic nitrogens is 3. The predicted octanol–water partition coefficient (Wildman–Crippen LogP) is 0.779. The molecule has 0 bridgehead atoms. The zero-order valence-corrected chi connectivity index (χ0v) is 9.06. The molecule has 0 fully saturated rings. The van der Waals surface area contributed by atoms with Crippen molar-refractivity contribution in [3.05, 3.63) is 11.9 Å². The first-order chi connectivity index (χ1) is 7.08. The van der Waals surface area contributed by atoms with Crippen LogP contribution in [0.3, 0.4) is 0 Å². The molecule has 0 N–H and O–H groups in total. The molecule has 0 radical (unpaired) electrons. The van der Waals surface area contributed by atoms with Crippen LogP contribution in [0.1, 0.15) is 32.4 Å². The molecule has 1 aromatic heterocycles. The molecule has 0 amide bonds. The summed E-state index contributed by atoms with van der Waals surface area (Å²) in [4.78, 5) is 21.5. The fraction of sp³-hybridized carbons (Fsp3) is 0.600. The van der Waals surface area contributed by atoms with Crippen molar-refractivity contribution in [1.82, 2.24) is 15.0 Å². The number of nitrogens with zero attached hydrogens (tertiary/aromatic N) is 3. The Bertz CT molecular complexity index is 325. The summed E-state index contributed by atoms with van der Waals surface area (Å²) in [6.45, 7) is 3.66. The van der Waals surface area contributed by atoms with Crippen LogP contribution in [-0.4, -0.2) is 26.6 Å². The smallest absolute Gasteiger partial charge is 0.131 e. The van der Waals surface area contributed by atoms with Crippen molar-refractivity contribution in [2.24, 2.45) is 0 Å². The van der Waals surface area contributed by atoms with Gasteiger partial charge in [0.05, 0.1) is 5.69 Å². The standard InChI is InChI=1S/C10H15N3O2/c1-8(14)3-4-10-7-13(12-11-10)6-5-9(2)15/h7H,3-6H2,1-2H3. The minimum absolute atomic E-state index is 0.135. The van der Waals surface area contributed by atoms with Crippen molar-refractivity contribution < 1.29 is 9.59 Å². The Balaban J connectivity index is 2.41. The first kappa shape index (κ1) is 11.6. The van der Waals surface area contributed by atoms with Crippen LogP contribution in [0.4, 0.5) is 0 Å². The monoisotopic (exact) mass is 209 g/mol. The summed E-state index contributed by atoms with van der Waals surface area (Å²) in [5.41, 5.74) is 0.800. The Labute approximate surface area is 88.5 Å². The third-order valence-corrected chi connectivity index (χ3v) is 2.01. The summed E-state index contributed by atoms with van der Waals surface area (Å²) in [5.74, 6) is 0.282. The molecule has 0 aromatic carbocycles. The molecule has 82 valence electrons. The molecule has 0 aliphatic rings. The number of rotatable bonds is 6. The third-order valence-electron chi connectivity index (χ3n) is 2.01. The van der Waals surface area contributed by atoms with E-state index in [1.807, 2.05) is 0 Å². The van der Waals surface area contributed by atoms with Crippen LogP contribution in [0.5, 0.6) is 0 Å². The van der Waals surface area contributed by atoms with Crippen LogP contribution >= 0.6 is 0 Å². The van der Waals surface area contributed by atoms with Crippen molar-refractivity contribution in [2.45, 2.75) is 39.7 Å². The van der Waals surface area contributed by atoms with Gasteiger partial charge in [-0.05, 0) is 20.3 Å². The minimum atomic E-state index is 0.135. The Hall–Kier alpha value is -1.52. The van der Waals surface area contributed by atoms with Crippen molar-refractivity contribution in [3.8, 4) is 0 Å². The second kappa shape index (κ2) is 5.38. The molecule has 0 aliphatic heterocycles. The highest BCUT2D eigenvalue weighted by Gasteiger charge is 2.03. The van der Waals surface area contributed by atoms with Gasteiger partial charge in [0, 0.05) is 25.6 Å². The molecule has 0 saturated heterocycles. The number of hydrogen-bond donors (Lipinski definition) is 0. The average molecular weight is 209 g/mol. The van der Waals surface area contributed by atoms with Crippen LogP contribution in [0.2, 0.25) is 0 Å². The highest BCUT2D eigenvalue weighted by Crippen LogP contribution is 1.99. The molecule has 1 aromatic rings. The molecule has 0 spiro atoms. The summed E-state index contributed by atoms with van der Waals surface area (Å²) < 4.78 is 1.64. The Morgan fingerprint density at radius 3 is 2.53 bits per heavy atom. The van der Waals surface area contributed by atoms with E-state index in [-0.39, 0.29) is 11.6 Å². The van der Waals surface area contributed by atoms with E-state index in [0.717, 1.165) is 5.69 Å². The number of Topliss-reactive ketones (excluding diaryl/α,β-unsaturated/α-hetero) is 2. The largest absolute Gasteiger partial charge is 0.300 e. The highest BCUT2D eigenvalue weighted by molar-refractivity contribution is 5.75. The quantitative estimate of drug-likeness (QED) is 0.694. The molecule has 5 nitrogen and oxygen atoms in total. The fourth-order valence-corrected chi connectivity index (χ4v) is 1.14. The second-order valence-corrected chi connectivity index (χ2v) is 3.63. The van der Waals surface area contributed by atoms with Gasteiger partial charge >= 0.3 is 0 Å². The summed E-state index contributed by atoms with van der Waals surface area (Å²) in [5, 5.41) is 7.78. The average Bonchev–Trinajstić information content (AvgIpc) is 2.59. The normalized spacial score (nSPS) is 10.3. The van der Waals surface area contributed by atoms with Gasteiger partial charge in [0.15, 0.2) is 0 Å². The first-order valence-corrected chi connectivity index (χ1v) is 4.96. The van der Waals surface area contributed by atoms with Crippen molar-refractivity contribution in [2.75, 3.05) is 0 Å². The summed E-state index contributed by atoms with van der Waals surface area (Å²) >= 11 is 0. The first-order valence-electron chi connectivity index (χ1n) is 4.96. The van der Waals surface area contributed by atoms with Gasteiger partial charge in [-0.3, -0.25) is 9.48 Å². The maximum Gasteiger partial charge on any atom is 0.131 e. The molecule has 0 saturated carbocycles. The molecule has 0 atom stereocenters. The number of aryl methyl sites for hydroxylation is 2. The van der Waals surface area contributed by atoms with E-state index in [4.69, 9.17) is 0 Å². The maximum atomic E-state index is 10.7. The molecular weight excluding hydrogens is 194 g/mol. The summed E-state index contributed by atoms with van der Waals surface area (Å²) in [6, 6.07) is 0. The Morgan fingerprint density at radius 2 is 1.93 bits per heavy atom. The second-order valence-electron chi connectivity index (χ2n) is 3.63. The van der Waals surface area contributed by atoms with Crippen LogP contribution in [0.25, 0.3) is 0 Å². The zero-order chi connectivity index (χ0) is 11.3. The summed E-state index contributed by atoms with van der Waals surface area (Å²) in [6.07, 6.45) is 3.36. The minimum Gasteiger partial charge on any atom is -0.300 e. The third kappa shape index (κ3) is 4.49. The summed E-state index contributed by atoms with van der Waals surface area (Å²) in [7, 11) is 0. The van der Waals surface area contributed by atoms with Gasteiger partial charge in [0.2, 0.25) is 0 Å². The van der Waals surface area contributed by atoms with E-state index >= 15 is 0 Å². The number of hydrogen-bond acceptors (Lipinski definition) is 4. The van der Waals surface area contributed by atoms with Gasteiger partial charge in [-0.1, -0.05) is 5.21 Å². The van der Waals surface area contributed by atoms with Crippen LogP contribution in [-0.2, 0) is 22.6 Å². The van der Waals surface area contributed by atoms with Crippen LogP contribution in [0.15, 0.2) is 6.20 Å².